The second-order valence-electron chi connectivity index (χ2n) is 7.95. The van der Waals surface area contributed by atoms with E-state index in [4.69, 9.17) is 33.5 Å². The summed E-state index contributed by atoms with van der Waals surface area (Å²) in [6, 6.07) is 21.2. The molecule has 0 heterocycles. The van der Waals surface area contributed by atoms with Gasteiger partial charge in [-0.25, -0.2) is 0 Å². The number of ether oxygens (including phenoxy) is 6. The Balaban J connectivity index is -0.000000339. The van der Waals surface area contributed by atoms with Gasteiger partial charge in [0.2, 0.25) is 0 Å². The molecule has 0 aliphatic rings. The Labute approximate surface area is 315 Å². The average molecular weight is 770 g/mol. The maximum atomic E-state index is 10.9. The van der Waals surface area contributed by atoms with Gasteiger partial charge in [0.05, 0.1) is 35.0 Å². The summed E-state index contributed by atoms with van der Waals surface area (Å²) in [6.07, 6.45) is 0.769. The maximum Gasteiger partial charge on any atom is 1.00 e. The zero-order valence-electron chi connectivity index (χ0n) is 26.9. The van der Waals surface area contributed by atoms with Crippen LogP contribution < -0.4 is 58.0 Å². The number of carbonyl (C=O) groups is 1. The van der Waals surface area contributed by atoms with Crippen molar-refractivity contribution in [1.82, 2.24) is 0 Å². The van der Waals surface area contributed by atoms with Crippen LogP contribution in [-0.2, 0) is 6.61 Å². The van der Waals surface area contributed by atoms with E-state index in [-0.39, 0.29) is 61.8 Å². The van der Waals surface area contributed by atoms with E-state index in [1.165, 1.54) is 0 Å². The average Bonchev–Trinajstić information content (AvgIpc) is 3.03. The molecule has 0 spiro atoms. The summed E-state index contributed by atoms with van der Waals surface area (Å²) < 4.78 is 33.8. The first-order valence-corrected chi connectivity index (χ1v) is 13.8. The number of rotatable bonds is 10. The first-order valence-electron chi connectivity index (χ1n) is 12.2. The van der Waals surface area contributed by atoms with Crippen LogP contribution in [-0.4, -0.2) is 68.9 Å². The van der Waals surface area contributed by atoms with Gasteiger partial charge in [-0.3, -0.25) is 4.79 Å². The van der Waals surface area contributed by atoms with Crippen molar-refractivity contribution in [2.45, 2.75) is 14.0 Å². The van der Waals surface area contributed by atoms with Crippen LogP contribution in [0.25, 0.3) is 0 Å². The molecule has 0 atom stereocenters. The third kappa shape index (κ3) is 14.0. The zero-order valence-corrected chi connectivity index (χ0v) is 31.0. The van der Waals surface area contributed by atoms with Gasteiger partial charge in [-0.15, -0.1) is 0 Å². The largest absolute Gasteiger partial charge is 1.00 e. The second-order valence-corrected chi connectivity index (χ2v) is 9.66. The van der Waals surface area contributed by atoms with Crippen molar-refractivity contribution in [3.05, 3.63) is 92.9 Å². The van der Waals surface area contributed by atoms with Crippen molar-refractivity contribution >= 4 is 55.0 Å². The Morgan fingerprint density at radius 1 is 0.630 bits per heavy atom. The summed E-state index contributed by atoms with van der Waals surface area (Å²) in [5.41, 5.74) is 1.30. The van der Waals surface area contributed by atoms with E-state index in [0.29, 0.717) is 51.6 Å². The Morgan fingerprint density at radius 2 is 1.00 bits per heavy atom. The predicted molar refractivity (Wildman–Crippen MR) is 186 cm³/mol. The van der Waals surface area contributed by atoms with Crippen molar-refractivity contribution in [2.75, 3.05) is 35.5 Å². The van der Waals surface area contributed by atoms with E-state index >= 15 is 0 Å². The summed E-state index contributed by atoms with van der Waals surface area (Å²) in [5.74, 6) is 4.90. The smallest absolute Gasteiger partial charge is 1.00 e. The van der Waals surface area contributed by atoms with Gasteiger partial charge in [-0.1, -0.05) is 39.3 Å². The fourth-order valence-electron chi connectivity index (χ4n) is 3.44. The Bertz CT molecular complexity index is 1470. The molecule has 0 aliphatic carbocycles. The van der Waals surface area contributed by atoms with Gasteiger partial charge in [-0.2, -0.15) is 0 Å². The second kappa shape index (κ2) is 25.4. The van der Waals surface area contributed by atoms with Gasteiger partial charge in [0.15, 0.2) is 29.3 Å². The molecule has 240 valence electrons. The molecule has 0 amide bonds. The van der Waals surface area contributed by atoms with Crippen LogP contribution in [0, 0.1) is 0 Å². The minimum atomic E-state index is -0.0519. The Morgan fingerprint density at radius 3 is 1.39 bits per heavy atom. The number of aliphatic hydroxyl groups excluding tert-OH is 2. The van der Waals surface area contributed by atoms with Crippen molar-refractivity contribution in [3.63, 3.8) is 0 Å². The number of methoxy groups -OCH3 is 4. The van der Waals surface area contributed by atoms with E-state index in [1.54, 1.807) is 89.1 Å². The standard InChI is InChI=1S/C15H15BrO4.C15H13BrO4.CH4O.CH4.2B.Na.H/c2*1-18-14-6-4-12(8-15(14)19-2)20-11-3-5-13(16)10(7-11)9-17;1-2;;;;;/h3-8,17H,9H2,1-2H3;3-9H,1-2H3;2H,1H3;1H4;;;;/q;;;;;;+1;-1. The van der Waals surface area contributed by atoms with Gasteiger partial charge < -0.3 is 40.1 Å². The molecule has 46 heavy (non-hydrogen) atoms. The molecular weight excluding hydrogens is 733 g/mol. The maximum absolute atomic E-state index is 10.9. The van der Waals surface area contributed by atoms with Crippen LogP contribution in [0.4, 0.5) is 0 Å². The van der Waals surface area contributed by atoms with Crippen molar-refractivity contribution in [1.29, 1.82) is 0 Å². The first-order chi connectivity index (χ1) is 20.3. The Hall–Kier alpha value is -2.64. The van der Waals surface area contributed by atoms with Crippen LogP contribution >= 0.6 is 31.9 Å². The van der Waals surface area contributed by atoms with Crippen molar-refractivity contribution in [3.8, 4) is 46.0 Å². The first kappa shape index (κ1) is 47.8. The molecule has 0 saturated carbocycles. The van der Waals surface area contributed by atoms with E-state index in [2.05, 4.69) is 31.9 Å². The molecule has 6 radical (unpaired) electrons. The summed E-state index contributed by atoms with van der Waals surface area (Å²) in [6.45, 7) is -0.0519. The summed E-state index contributed by atoms with van der Waals surface area (Å²) in [5, 5.41) is 16.2. The molecule has 0 unspecified atom stereocenters. The van der Waals surface area contributed by atoms with Gasteiger partial charge in [-0.05, 0) is 66.2 Å². The van der Waals surface area contributed by atoms with Crippen LogP contribution in [0.15, 0.2) is 81.7 Å². The normalized spacial score (nSPS) is 8.89. The molecular formula is C32H37B2Br2NaO9. The van der Waals surface area contributed by atoms with Crippen LogP contribution in [0.2, 0.25) is 0 Å². The third-order valence-corrected chi connectivity index (χ3v) is 6.96. The SMILES string of the molecule is C.CO.COc1ccc(Oc2ccc(Br)c(C=O)c2)cc1OC.COc1ccc(Oc2ccc(Br)c(CO)c2)cc1OC.[B].[B].[H-].[Na+]. The van der Waals surface area contributed by atoms with Gasteiger partial charge in [0, 0.05) is 50.6 Å². The number of aliphatic hydroxyl groups is 2. The summed E-state index contributed by atoms with van der Waals surface area (Å²) in [4.78, 5) is 10.9. The number of hydrogen-bond donors (Lipinski definition) is 2. The van der Waals surface area contributed by atoms with E-state index in [0.717, 1.165) is 27.9 Å². The summed E-state index contributed by atoms with van der Waals surface area (Å²) in [7, 11) is 7.29. The molecule has 9 nitrogen and oxygen atoms in total. The molecule has 4 aromatic carbocycles. The number of carbonyl (C=O) groups excluding carboxylic acids is 1. The zero-order chi connectivity index (χ0) is 31.1. The number of hydrogen-bond acceptors (Lipinski definition) is 9. The van der Waals surface area contributed by atoms with Gasteiger partial charge in [0.1, 0.15) is 23.0 Å². The van der Waals surface area contributed by atoms with Gasteiger partial charge in [0.25, 0.3) is 0 Å². The molecule has 14 heteroatoms. The van der Waals surface area contributed by atoms with Gasteiger partial charge >= 0.3 is 29.6 Å². The molecule has 0 saturated heterocycles. The molecule has 0 aromatic heterocycles. The summed E-state index contributed by atoms with van der Waals surface area (Å²) >= 11 is 6.66. The fraction of sp³-hybridized carbons (Fsp3) is 0.219. The number of halogens is 2. The van der Waals surface area contributed by atoms with Crippen molar-refractivity contribution in [2.24, 2.45) is 0 Å². The molecule has 2 N–H and O–H groups in total. The van der Waals surface area contributed by atoms with Crippen molar-refractivity contribution < 1.29 is 74.4 Å². The minimum absolute atomic E-state index is 0. The van der Waals surface area contributed by atoms with Crippen LogP contribution in [0.5, 0.6) is 46.0 Å². The quantitative estimate of drug-likeness (QED) is 0.179. The molecule has 0 aliphatic heterocycles. The van der Waals surface area contributed by atoms with E-state index in [9.17, 15) is 9.90 Å². The molecule has 0 bridgehead atoms. The van der Waals surface area contributed by atoms with Crippen LogP contribution in [0.3, 0.4) is 0 Å². The fourth-order valence-corrected chi connectivity index (χ4v) is 4.16. The topological polar surface area (TPSA) is 113 Å². The number of aldehydes is 1. The third-order valence-electron chi connectivity index (χ3n) is 5.46. The minimum Gasteiger partial charge on any atom is -1.00 e. The predicted octanol–water partition coefficient (Wildman–Crippen LogP) is 4.42. The monoisotopic (exact) mass is 768 g/mol. The molecule has 4 aromatic rings. The Kier molecular flexibility index (Phi) is 26.4. The number of benzene rings is 4. The van der Waals surface area contributed by atoms with E-state index < -0.39 is 0 Å². The van der Waals surface area contributed by atoms with Crippen LogP contribution in [0.1, 0.15) is 24.8 Å². The van der Waals surface area contributed by atoms with E-state index in [1.807, 2.05) is 12.1 Å². The molecule has 4 rings (SSSR count). The molecule has 0 fully saturated rings.